The SMILES string of the molecule is CCOc1ccc2c(c1)c(C(=O)C1CCCC1)cn2C. The quantitative estimate of drug-likeness (QED) is 0.788. The highest BCUT2D eigenvalue weighted by atomic mass is 16.5. The minimum Gasteiger partial charge on any atom is -0.494 e. The second-order valence-electron chi connectivity index (χ2n) is 5.61. The lowest BCUT2D eigenvalue weighted by Crippen LogP contribution is -2.10. The summed E-state index contributed by atoms with van der Waals surface area (Å²) in [6, 6.07) is 6.00. The second-order valence-corrected chi connectivity index (χ2v) is 5.61. The Morgan fingerprint density at radius 1 is 1.35 bits per heavy atom. The number of Topliss-reactive ketones (excluding diaryl/α,β-unsaturated/α-hetero) is 1. The van der Waals surface area contributed by atoms with Crippen LogP contribution in [0.5, 0.6) is 5.75 Å². The van der Waals surface area contributed by atoms with Crippen molar-refractivity contribution in [2.24, 2.45) is 13.0 Å². The third kappa shape index (κ3) is 2.21. The Bertz CT molecular complexity index is 636. The Hall–Kier alpha value is -1.77. The number of nitrogens with zero attached hydrogens (tertiary/aromatic N) is 1. The largest absolute Gasteiger partial charge is 0.494 e. The van der Waals surface area contributed by atoms with Gasteiger partial charge in [0.1, 0.15) is 5.75 Å². The van der Waals surface area contributed by atoms with E-state index in [0.29, 0.717) is 12.4 Å². The van der Waals surface area contributed by atoms with Crippen LogP contribution >= 0.6 is 0 Å². The molecule has 20 heavy (non-hydrogen) atoms. The number of benzene rings is 1. The molecule has 0 bridgehead atoms. The van der Waals surface area contributed by atoms with E-state index in [0.717, 1.165) is 35.1 Å². The second kappa shape index (κ2) is 5.31. The smallest absolute Gasteiger partial charge is 0.168 e. The molecule has 0 unspecified atom stereocenters. The molecule has 106 valence electrons. The van der Waals surface area contributed by atoms with E-state index in [-0.39, 0.29) is 5.92 Å². The van der Waals surface area contributed by atoms with Gasteiger partial charge in [-0.15, -0.1) is 0 Å². The number of aromatic nitrogens is 1. The molecule has 0 atom stereocenters. The van der Waals surface area contributed by atoms with Gasteiger partial charge in [-0.2, -0.15) is 0 Å². The fraction of sp³-hybridized carbons (Fsp3) is 0.471. The maximum Gasteiger partial charge on any atom is 0.168 e. The van der Waals surface area contributed by atoms with Gasteiger partial charge in [-0.1, -0.05) is 12.8 Å². The third-order valence-electron chi connectivity index (χ3n) is 4.26. The molecule has 0 aliphatic heterocycles. The van der Waals surface area contributed by atoms with Crippen molar-refractivity contribution in [1.82, 2.24) is 4.57 Å². The predicted octanol–water partition coefficient (Wildman–Crippen LogP) is 3.95. The Kier molecular flexibility index (Phi) is 3.51. The molecule has 3 heteroatoms. The maximum absolute atomic E-state index is 12.7. The van der Waals surface area contributed by atoms with Crippen molar-refractivity contribution in [2.45, 2.75) is 32.6 Å². The van der Waals surface area contributed by atoms with E-state index in [9.17, 15) is 4.79 Å². The molecule has 1 aromatic carbocycles. The highest BCUT2D eigenvalue weighted by molar-refractivity contribution is 6.09. The van der Waals surface area contributed by atoms with E-state index in [2.05, 4.69) is 0 Å². The first-order valence-electron chi connectivity index (χ1n) is 7.46. The van der Waals surface area contributed by atoms with E-state index in [4.69, 9.17) is 4.74 Å². The van der Waals surface area contributed by atoms with E-state index < -0.39 is 0 Å². The predicted molar refractivity (Wildman–Crippen MR) is 80.4 cm³/mol. The summed E-state index contributed by atoms with van der Waals surface area (Å²) in [5.41, 5.74) is 1.95. The van der Waals surface area contributed by atoms with Crippen molar-refractivity contribution in [3.05, 3.63) is 30.0 Å². The Morgan fingerprint density at radius 2 is 2.10 bits per heavy atom. The standard InChI is InChI=1S/C17H21NO2/c1-3-20-13-8-9-16-14(10-13)15(11-18(16)2)17(19)12-6-4-5-7-12/h8-12H,3-7H2,1-2H3. The van der Waals surface area contributed by atoms with Gasteiger partial charge >= 0.3 is 0 Å². The average Bonchev–Trinajstić information content (AvgIpc) is 3.07. The molecular formula is C17H21NO2. The van der Waals surface area contributed by atoms with Crippen molar-refractivity contribution >= 4 is 16.7 Å². The fourth-order valence-electron chi connectivity index (χ4n) is 3.23. The summed E-state index contributed by atoms with van der Waals surface area (Å²) in [5, 5.41) is 1.02. The first-order valence-corrected chi connectivity index (χ1v) is 7.46. The normalized spacial score (nSPS) is 15.9. The van der Waals surface area contributed by atoms with E-state index in [1.54, 1.807) is 0 Å². The van der Waals surface area contributed by atoms with Crippen LogP contribution in [0.1, 0.15) is 43.0 Å². The molecule has 2 aromatic rings. The van der Waals surface area contributed by atoms with Gasteiger partial charge in [0.2, 0.25) is 0 Å². The number of ether oxygens (including phenoxy) is 1. The van der Waals surface area contributed by atoms with Crippen LogP contribution in [-0.2, 0) is 7.05 Å². The molecular weight excluding hydrogens is 250 g/mol. The first-order chi connectivity index (χ1) is 9.70. The summed E-state index contributed by atoms with van der Waals surface area (Å²) in [7, 11) is 1.99. The molecule has 0 spiro atoms. The number of hydrogen-bond acceptors (Lipinski definition) is 2. The van der Waals surface area contributed by atoms with Gasteiger partial charge in [0.25, 0.3) is 0 Å². The molecule has 0 saturated heterocycles. The van der Waals surface area contributed by atoms with Crippen molar-refractivity contribution in [2.75, 3.05) is 6.61 Å². The Morgan fingerprint density at radius 3 is 2.80 bits per heavy atom. The minimum absolute atomic E-state index is 0.219. The van der Waals surface area contributed by atoms with Crippen LogP contribution in [0.2, 0.25) is 0 Å². The van der Waals surface area contributed by atoms with Crippen molar-refractivity contribution < 1.29 is 9.53 Å². The summed E-state index contributed by atoms with van der Waals surface area (Å²) >= 11 is 0. The molecule has 0 amide bonds. The molecule has 0 radical (unpaired) electrons. The monoisotopic (exact) mass is 271 g/mol. The topological polar surface area (TPSA) is 31.2 Å². The van der Waals surface area contributed by atoms with Gasteiger partial charge in [0.05, 0.1) is 6.61 Å². The van der Waals surface area contributed by atoms with E-state index in [1.807, 2.05) is 42.9 Å². The van der Waals surface area contributed by atoms with Gasteiger partial charge in [-0.25, -0.2) is 0 Å². The molecule has 1 aromatic heterocycles. The molecule has 3 rings (SSSR count). The fourth-order valence-corrected chi connectivity index (χ4v) is 3.23. The third-order valence-corrected chi connectivity index (χ3v) is 4.26. The Balaban J connectivity index is 2.04. The summed E-state index contributed by atoms with van der Waals surface area (Å²) in [6.45, 7) is 2.62. The van der Waals surface area contributed by atoms with Gasteiger partial charge in [0.15, 0.2) is 5.78 Å². The van der Waals surface area contributed by atoms with Crippen LogP contribution in [0.4, 0.5) is 0 Å². The zero-order valence-electron chi connectivity index (χ0n) is 12.2. The van der Waals surface area contributed by atoms with Crippen LogP contribution < -0.4 is 4.74 Å². The van der Waals surface area contributed by atoms with Crippen LogP contribution in [0, 0.1) is 5.92 Å². The van der Waals surface area contributed by atoms with E-state index in [1.165, 1.54) is 12.8 Å². The molecule has 0 N–H and O–H groups in total. The number of hydrogen-bond donors (Lipinski definition) is 0. The maximum atomic E-state index is 12.7. The lowest BCUT2D eigenvalue weighted by molar-refractivity contribution is 0.0924. The highest BCUT2D eigenvalue weighted by Gasteiger charge is 2.26. The summed E-state index contributed by atoms with van der Waals surface area (Å²) in [5.74, 6) is 1.37. The number of ketones is 1. The summed E-state index contributed by atoms with van der Waals surface area (Å²) < 4.78 is 7.60. The number of carbonyl (C=O) groups is 1. The van der Waals surface area contributed by atoms with E-state index >= 15 is 0 Å². The van der Waals surface area contributed by atoms with Gasteiger partial charge in [-0.3, -0.25) is 4.79 Å². The van der Waals surface area contributed by atoms with Gasteiger partial charge in [-0.05, 0) is 38.0 Å². The van der Waals surface area contributed by atoms with Crippen LogP contribution in [0.25, 0.3) is 10.9 Å². The molecule has 1 fully saturated rings. The highest BCUT2D eigenvalue weighted by Crippen LogP contribution is 2.32. The van der Waals surface area contributed by atoms with Crippen LogP contribution in [0.3, 0.4) is 0 Å². The average molecular weight is 271 g/mol. The molecule has 1 aliphatic rings. The first kappa shape index (κ1) is 13.2. The minimum atomic E-state index is 0.219. The van der Waals surface area contributed by atoms with Crippen molar-refractivity contribution in [1.29, 1.82) is 0 Å². The number of aryl methyl sites for hydroxylation is 1. The lowest BCUT2D eigenvalue weighted by Gasteiger charge is -2.07. The van der Waals surface area contributed by atoms with Crippen LogP contribution in [0.15, 0.2) is 24.4 Å². The lowest BCUT2D eigenvalue weighted by atomic mass is 9.96. The molecule has 1 saturated carbocycles. The van der Waals surface area contributed by atoms with Crippen molar-refractivity contribution in [3.63, 3.8) is 0 Å². The zero-order chi connectivity index (χ0) is 14.1. The van der Waals surface area contributed by atoms with Gasteiger partial charge < -0.3 is 9.30 Å². The molecule has 1 aliphatic carbocycles. The summed E-state index contributed by atoms with van der Waals surface area (Å²) in [4.78, 5) is 12.7. The molecule has 3 nitrogen and oxygen atoms in total. The van der Waals surface area contributed by atoms with Crippen molar-refractivity contribution in [3.8, 4) is 5.75 Å². The number of rotatable bonds is 4. The molecule has 1 heterocycles. The zero-order valence-corrected chi connectivity index (χ0v) is 12.2. The number of fused-ring (bicyclic) bond motifs is 1. The summed E-state index contributed by atoms with van der Waals surface area (Å²) in [6.07, 6.45) is 6.43. The Labute approximate surface area is 119 Å². The number of carbonyl (C=O) groups excluding carboxylic acids is 1. The van der Waals surface area contributed by atoms with Crippen LogP contribution in [-0.4, -0.2) is 17.0 Å². The van der Waals surface area contributed by atoms with Gasteiger partial charge in [0, 0.05) is 35.6 Å².